The number of hydrogen-bond donors (Lipinski definition) is 0. The van der Waals surface area contributed by atoms with Crippen LogP contribution in [0.4, 0.5) is 8.78 Å². The van der Waals surface area contributed by atoms with E-state index >= 15 is 0 Å². The molecule has 21 heavy (non-hydrogen) atoms. The van der Waals surface area contributed by atoms with Crippen LogP contribution in [0.3, 0.4) is 0 Å². The zero-order chi connectivity index (χ0) is 15.3. The molecule has 116 valence electrons. The number of esters is 1. The lowest BCUT2D eigenvalue weighted by Crippen LogP contribution is -2.13. The third-order valence-electron chi connectivity index (χ3n) is 3.56. The maximum Gasteiger partial charge on any atom is 0.387 e. The average Bonchev–Trinajstić information content (AvgIpc) is 3.20. The van der Waals surface area contributed by atoms with E-state index in [1.165, 1.54) is 7.11 Å². The first-order chi connectivity index (χ1) is 10.0. The van der Waals surface area contributed by atoms with E-state index in [2.05, 4.69) is 4.74 Å². The van der Waals surface area contributed by atoms with Crippen molar-refractivity contribution in [2.24, 2.45) is 5.41 Å². The zero-order valence-corrected chi connectivity index (χ0v) is 12.6. The molecule has 6 heteroatoms. The molecule has 1 aliphatic rings. The SMILES string of the molecule is COC(=O)CC1(CSCc2ccccc2OC(F)F)CC1. The molecule has 0 radical (unpaired) electrons. The van der Waals surface area contributed by atoms with Gasteiger partial charge < -0.3 is 9.47 Å². The van der Waals surface area contributed by atoms with E-state index in [0.29, 0.717) is 12.2 Å². The molecule has 1 aromatic carbocycles. The van der Waals surface area contributed by atoms with Crippen LogP contribution in [0.5, 0.6) is 5.75 Å². The van der Waals surface area contributed by atoms with Crippen molar-refractivity contribution >= 4 is 17.7 Å². The standard InChI is InChI=1S/C15H18F2O3S/c1-19-13(18)8-15(6-7-15)10-21-9-11-4-2-3-5-12(11)20-14(16)17/h2-5,14H,6-10H2,1H3. The lowest BCUT2D eigenvalue weighted by atomic mass is 10.1. The van der Waals surface area contributed by atoms with E-state index in [4.69, 9.17) is 4.74 Å². The minimum atomic E-state index is -2.81. The van der Waals surface area contributed by atoms with Gasteiger partial charge in [0.05, 0.1) is 13.5 Å². The molecule has 0 spiro atoms. The molecule has 0 heterocycles. The molecule has 1 aliphatic carbocycles. The summed E-state index contributed by atoms with van der Waals surface area (Å²) < 4.78 is 33.9. The summed E-state index contributed by atoms with van der Waals surface area (Å²) >= 11 is 1.64. The van der Waals surface area contributed by atoms with Gasteiger partial charge in [0.15, 0.2) is 0 Å². The van der Waals surface area contributed by atoms with Gasteiger partial charge in [0, 0.05) is 11.3 Å². The summed E-state index contributed by atoms with van der Waals surface area (Å²) in [4.78, 5) is 11.3. The van der Waals surface area contributed by atoms with Crippen LogP contribution in [0.1, 0.15) is 24.8 Å². The first kappa shape index (κ1) is 16.1. The number of rotatable bonds is 8. The first-order valence-electron chi connectivity index (χ1n) is 6.72. The highest BCUT2D eigenvalue weighted by Crippen LogP contribution is 2.51. The molecular formula is C15H18F2O3S. The number of thioether (sulfide) groups is 1. The van der Waals surface area contributed by atoms with Crippen molar-refractivity contribution in [2.75, 3.05) is 12.9 Å². The van der Waals surface area contributed by atoms with E-state index in [-0.39, 0.29) is 17.1 Å². The summed E-state index contributed by atoms with van der Waals surface area (Å²) in [5, 5.41) is 0. The first-order valence-corrected chi connectivity index (χ1v) is 7.87. The van der Waals surface area contributed by atoms with Crippen molar-refractivity contribution in [3.05, 3.63) is 29.8 Å². The summed E-state index contributed by atoms with van der Waals surface area (Å²) in [5.41, 5.74) is 0.785. The molecule has 2 rings (SSSR count). The molecule has 0 N–H and O–H groups in total. The highest BCUT2D eigenvalue weighted by atomic mass is 32.2. The predicted molar refractivity (Wildman–Crippen MR) is 77.5 cm³/mol. The minimum absolute atomic E-state index is 0.0380. The Kier molecular flexibility index (Phi) is 5.45. The Labute approximate surface area is 127 Å². The number of methoxy groups -OCH3 is 1. The molecule has 1 aromatic rings. The fraction of sp³-hybridized carbons (Fsp3) is 0.533. The van der Waals surface area contributed by atoms with Gasteiger partial charge in [-0.3, -0.25) is 4.79 Å². The smallest absolute Gasteiger partial charge is 0.387 e. The molecule has 0 bridgehead atoms. The van der Waals surface area contributed by atoms with E-state index in [0.717, 1.165) is 24.2 Å². The van der Waals surface area contributed by atoms with Crippen LogP contribution in [-0.4, -0.2) is 25.4 Å². The molecule has 1 saturated carbocycles. The molecule has 0 unspecified atom stereocenters. The lowest BCUT2D eigenvalue weighted by molar-refractivity contribution is -0.141. The predicted octanol–water partition coefficient (Wildman–Crippen LogP) is 3.86. The van der Waals surface area contributed by atoms with Gasteiger partial charge in [0.2, 0.25) is 0 Å². The number of alkyl halides is 2. The van der Waals surface area contributed by atoms with Gasteiger partial charge in [-0.1, -0.05) is 18.2 Å². The van der Waals surface area contributed by atoms with E-state index in [9.17, 15) is 13.6 Å². The molecule has 3 nitrogen and oxygen atoms in total. The normalized spacial score (nSPS) is 15.8. The average molecular weight is 316 g/mol. The van der Waals surface area contributed by atoms with Crippen LogP contribution in [-0.2, 0) is 15.3 Å². The van der Waals surface area contributed by atoms with Gasteiger partial charge >= 0.3 is 12.6 Å². The molecule has 1 fully saturated rings. The van der Waals surface area contributed by atoms with Crippen LogP contribution in [0, 0.1) is 5.41 Å². The number of carbonyl (C=O) groups excluding carboxylic acids is 1. The lowest BCUT2D eigenvalue weighted by Gasteiger charge is -2.14. The van der Waals surface area contributed by atoms with Crippen LogP contribution in [0.15, 0.2) is 24.3 Å². The van der Waals surface area contributed by atoms with Gasteiger partial charge in [-0.25, -0.2) is 0 Å². The Morgan fingerprint density at radius 2 is 2.10 bits per heavy atom. The number of halogens is 2. The van der Waals surface area contributed by atoms with Crippen LogP contribution in [0.2, 0.25) is 0 Å². The van der Waals surface area contributed by atoms with Crippen molar-refractivity contribution in [1.82, 2.24) is 0 Å². The van der Waals surface area contributed by atoms with Gasteiger partial charge in [0.1, 0.15) is 5.75 Å². The summed E-state index contributed by atoms with van der Waals surface area (Å²) in [5.74, 6) is 1.45. The number of para-hydroxylation sites is 1. The zero-order valence-electron chi connectivity index (χ0n) is 11.8. The van der Waals surface area contributed by atoms with Crippen molar-refractivity contribution < 1.29 is 23.0 Å². The molecule has 0 amide bonds. The molecular weight excluding hydrogens is 298 g/mol. The summed E-state index contributed by atoms with van der Waals surface area (Å²) in [6.45, 7) is -2.81. The van der Waals surface area contributed by atoms with Crippen molar-refractivity contribution in [3.63, 3.8) is 0 Å². The topological polar surface area (TPSA) is 35.5 Å². The maximum atomic E-state index is 12.3. The largest absolute Gasteiger partial charge is 0.469 e. The second-order valence-corrected chi connectivity index (χ2v) is 6.22. The van der Waals surface area contributed by atoms with Crippen LogP contribution >= 0.6 is 11.8 Å². The minimum Gasteiger partial charge on any atom is -0.469 e. The molecule has 0 aromatic heterocycles. The van der Waals surface area contributed by atoms with Crippen molar-refractivity contribution in [3.8, 4) is 5.75 Å². The second kappa shape index (κ2) is 7.11. The van der Waals surface area contributed by atoms with Crippen LogP contribution < -0.4 is 4.74 Å². The number of carbonyl (C=O) groups is 1. The fourth-order valence-electron chi connectivity index (χ4n) is 2.14. The second-order valence-electron chi connectivity index (χ2n) is 5.23. The van der Waals surface area contributed by atoms with Crippen molar-refractivity contribution in [1.29, 1.82) is 0 Å². The number of benzene rings is 1. The van der Waals surface area contributed by atoms with Crippen molar-refractivity contribution in [2.45, 2.75) is 31.6 Å². The van der Waals surface area contributed by atoms with Gasteiger partial charge in [-0.05, 0) is 30.1 Å². The summed E-state index contributed by atoms with van der Waals surface area (Å²) in [6.07, 6.45) is 2.47. The van der Waals surface area contributed by atoms with E-state index in [1.807, 2.05) is 0 Å². The Morgan fingerprint density at radius 1 is 1.38 bits per heavy atom. The molecule has 0 aliphatic heterocycles. The quantitative estimate of drug-likeness (QED) is 0.682. The Hall–Kier alpha value is -1.30. The van der Waals surface area contributed by atoms with E-state index < -0.39 is 6.61 Å². The Bertz CT molecular complexity index is 490. The van der Waals surface area contributed by atoms with Gasteiger partial charge in [-0.15, -0.1) is 0 Å². The fourth-order valence-corrected chi connectivity index (χ4v) is 3.52. The van der Waals surface area contributed by atoms with Gasteiger partial charge in [-0.2, -0.15) is 20.5 Å². The summed E-state index contributed by atoms with van der Waals surface area (Å²) in [7, 11) is 1.39. The summed E-state index contributed by atoms with van der Waals surface area (Å²) in [6, 6.07) is 6.80. The molecule has 0 saturated heterocycles. The maximum absolute atomic E-state index is 12.3. The van der Waals surface area contributed by atoms with Gasteiger partial charge in [0.25, 0.3) is 0 Å². The monoisotopic (exact) mass is 316 g/mol. The number of ether oxygens (including phenoxy) is 2. The Morgan fingerprint density at radius 3 is 2.71 bits per heavy atom. The number of hydrogen-bond acceptors (Lipinski definition) is 4. The third-order valence-corrected chi connectivity index (χ3v) is 4.89. The molecule has 0 atom stereocenters. The van der Waals surface area contributed by atoms with E-state index in [1.54, 1.807) is 36.0 Å². The third kappa shape index (κ3) is 4.88. The Balaban J connectivity index is 1.85. The highest BCUT2D eigenvalue weighted by Gasteiger charge is 2.44. The van der Waals surface area contributed by atoms with Crippen LogP contribution in [0.25, 0.3) is 0 Å². The highest BCUT2D eigenvalue weighted by molar-refractivity contribution is 7.98.